The predicted molar refractivity (Wildman–Crippen MR) is 250 cm³/mol. The van der Waals surface area contributed by atoms with Crippen molar-refractivity contribution in [2.45, 2.75) is 71.4 Å². The van der Waals surface area contributed by atoms with E-state index in [1.54, 1.807) is 17.4 Å². The maximum Gasteiger partial charge on any atom is 0.246 e. The summed E-state index contributed by atoms with van der Waals surface area (Å²) in [5.41, 5.74) is 12.5. The lowest BCUT2D eigenvalue weighted by atomic mass is 9.99. The summed E-state index contributed by atoms with van der Waals surface area (Å²) < 4.78 is 9.95. The average molecular weight is 895 g/mol. The molecular formula is C48H48ClN11O3S. The van der Waals surface area contributed by atoms with Crippen molar-refractivity contribution in [1.29, 1.82) is 0 Å². The molecule has 326 valence electrons. The molecule has 9 rings (SSSR count). The number of nitrogens with one attached hydrogen (secondary N) is 1. The minimum Gasteiger partial charge on any atom is -0.457 e. The highest BCUT2D eigenvalue weighted by molar-refractivity contribution is 7.15. The number of likely N-dealkylation sites (tertiary alicyclic amines) is 1. The first-order chi connectivity index (χ1) is 31.1. The molecule has 0 aliphatic carbocycles. The van der Waals surface area contributed by atoms with E-state index < -0.39 is 6.04 Å². The zero-order chi connectivity index (χ0) is 44.3. The molecule has 14 nitrogen and oxygen atoms in total. The number of benzene rings is 3. The van der Waals surface area contributed by atoms with Crippen LogP contribution in [0.4, 0.5) is 5.82 Å². The molecule has 3 aromatic carbocycles. The number of carbonyl (C=O) groups excluding carboxylic acids is 2. The highest BCUT2D eigenvalue weighted by Gasteiger charge is 2.33. The number of allylic oxidation sites excluding steroid dienone is 1. The van der Waals surface area contributed by atoms with Crippen molar-refractivity contribution in [3.8, 4) is 27.8 Å². The number of rotatable bonds is 13. The lowest BCUT2D eigenvalue weighted by molar-refractivity contribution is -0.127. The molecule has 4 aromatic heterocycles. The Balaban J connectivity index is 0.791. The molecule has 2 aliphatic rings. The van der Waals surface area contributed by atoms with Crippen LogP contribution in [0.25, 0.3) is 27.3 Å². The van der Waals surface area contributed by atoms with Gasteiger partial charge in [-0.25, -0.2) is 14.6 Å². The molecule has 3 N–H and O–H groups in total. The van der Waals surface area contributed by atoms with Gasteiger partial charge in [0, 0.05) is 46.2 Å². The van der Waals surface area contributed by atoms with Gasteiger partial charge in [-0.3, -0.25) is 19.1 Å². The molecule has 0 spiro atoms. The third kappa shape index (κ3) is 8.77. The van der Waals surface area contributed by atoms with E-state index in [2.05, 4.69) is 39.3 Å². The molecule has 2 aliphatic heterocycles. The third-order valence-corrected chi connectivity index (χ3v) is 13.2. The molecule has 1 unspecified atom stereocenters. The largest absolute Gasteiger partial charge is 0.457 e. The number of aryl methyl sites for hydroxylation is 2. The summed E-state index contributed by atoms with van der Waals surface area (Å²) in [5.74, 6) is 3.05. The first-order valence-electron chi connectivity index (χ1n) is 21.5. The second-order valence-electron chi connectivity index (χ2n) is 16.1. The van der Waals surface area contributed by atoms with Gasteiger partial charge in [-0.2, -0.15) is 5.10 Å². The normalized spacial score (nSPS) is 16.1. The fourth-order valence-corrected chi connectivity index (χ4v) is 9.74. The molecule has 7 aromatic rings. The highest BCUT2D eigenvalue weighted by Crippen LogP contribution is 2.40. The number of nitrogens with two attached hydrogens (primary N) is 1. The Kier molecular flexibility index (Phi) is 12.3. The molecule has 1 saturated heterocycles. The molecule has 16 heteroatoms. The number of fused-ring (bicyclic) bond motifs is 4. The van der Waals surface area contributed by atoms with Crippen LogP contribution >= 0.6 is 22.9 Å². The van der Waals surface area contributed by atoms with Gasteiger partial charge in [-0.15, -0.1) is 21.5 Å². The van der Waals surface area contributed by atoms with Crippen LogP contribution in [0.1, 0.15) is 83.8 Å². The zero-order valence-electron chi connectivity index (χ0n) is 35.9. The highest BCUT2D eigenvalue weighted by atomic mass is 35.5. The Hall–Kier alpha value is -6.71. The Morgan fingerprint density at radius 2 is 1.72 bits per heavy atom. The van der Waals surface area contributed by atoms with Crippen molar-refractivity contribution in [3.63, 3.8) is 0 Å². The fourth-order valence-electron chi connectivity index (χ4n) is 8.40. The Bertz CT molecular complexity index is 2890. The molecular weight excluding hydrogens is 846 g/mol. The van der Waals surface area contributed by atoms with Crippen molar-refractivity contribution < 1.29 is 14.3 Å². The van der Waals surface area contributed by atoms with Gasteiger partial charge < -0.3 is 20.7 Å². The average Bonchev–Trinajstić information content (AvgIpc) is 3.95. The van der Waals surface area contributed by atoms with Crippen LogP contribution < -0.4 is 15.8 Å². The topological polar surface area (TPSA) is 171 Å². The van der Waals surface area contributed by atoms with Crippen molar-refractivity contribution in [2.75, 3.05) is 25.4 Å². The van der Waals surface area contributed by atoms with Crippen LogP contribution in [-0.2, 0) is 9.59 Å². The zero-order valence-corrected chi connectivity index (χ0v) is 37.4. The van der Waals surface area contributed by atoms with Gasteiger partial charge in [-0.05, 0) is 113 Å². The minimum atomic E-state index is -0.534. The lowest BCUT2D eigenvalue weighted by Gasteiger charge is -2.32. The van der Waals surface area contributed by atoms with E-state index in [1.165, 1.54) is 11.2 Å². The maximum absolute atomic E-state index is 13.4. The van der Waals surface area contributed by atoms with Crippen molar-refractivity contribution in [3.05, 3.63) is 136 Å². The number of hydrogen-bond donors (Lipinski definition) is 2. The Labute approximate surface area is 379 Å². The van der Waals surface area contributed by atoms with E-state index in [4.69, 9.17) is 32.2 Å². The number of unbranched alkanes of at least 4 members (excludes halogenated alkanes) is 2. The van der Waals surface area contributed by atoms with Gasteiger partial charge in [-0.1, -0.05) is 48.0 Å². The fraction of sp³-hybridized carbons (Fsp3) is 0.292. The summed E-state index contributed by atoms with van der Waals surface area (Å²) in [6.07, 6.45) is 9.11. The van der Waals surface area contributed by atoms with Crippen molar-refractivity contribution >= 4 is 57.3 Å². The number of para-hydroxylation sites is 1. The summed E-state index contributed by atoms with van der Waals surface area (Å²) in [4.78, 5) is 44.0. The molecule has 64 heavy (non-hydrogen) atoms. The van der Waals surface area contributed by atoms with Gasteiger partial charge >= 0.3 is 0 Å². The van der Waals surface area contributed by atoms with Crippen LogP contribution in [0, 0.1) is 20.8 Å². The third-order valence-electron chi connectivity index (χ3n) is 11.8. The summed E-state index contributed by atoms with van der Waals surface area (Å²) in [7, 11) is 0. The number of nitrogens with zero attached hydrogens (tertiary/aromatic N) is 9. The number of amides is 2. The quantitative estimate of drug-likeness (QED) is 0.0847. The Morgan fingerprint density at radius 3 is 2.52 bits per heavy atom. The van der Waals surface area contributed by atoms with Gasteiger partial charge in [0.25, 0.3) is 0 Å². The number of nitrogen functional groups attached to an aromatic ring is 1. The molecule has 2 amide bonds. The van der Waals surface area contributed by atoms with E-state index in [9.17, 15) is 9.59 Å². The van der Waals surface area contributed by atoms with Crippen molar-refractivity contribution in [1.82, 2.24) is 44.7 Å². The van der Waals surface area contributed by atoms with E-state index in [-0.39, 0.29) is 24.3 Å². The van der Waals surface area contributed by atoms with Gasteiger partial charge in [0.05, 0.1) is 23.6 Å². The molecule has 6 heterocycles. The van der Waals surface area contributed by atoms with Crippen LogP contribution in [0.5, 0.6) is 11.5 Å². The number of aliphatic imine (C=N–C) groups is 1. The monoisotopic (exact) mass is 893 g/mol. The van der Waals surface area contributed by atoms with Crippen molar-refractivity contribution in [2.24, 2.45) is 4.99 Å². The number of carbonyl (C=O) groups is 2. The number of ether oxygens (including phenoxy) is 1. The predicted octanol–water partition coefficient (Wildman–Crippen LogP) is 9.08. The second-order valence-corrected chi connectivity index (χ2v) is 17.8. The van der Waals surface area contributed by atoms with Gasteiger partial charge in [0.15, 0.2) is 11.5 Å². The standard InChI is InChI=1S/C48H48ClN11O3S/c1-29-30(2)64-48-41(29)43(32-16-20-34(49)21-17-32)54-38(46-56-55-31(3)59(46)48)26-39(61)51-24-10-5-4-9-15-40(62)58-25-11-12-35(27-58)60-47-42(45(50)52-28-53-47)44(57-60)33-18-22-37(23-19-33)63-36-13-7-6-8-14-36/h6-9,13-23,28,35,38H,4-5,10-12,24-27H2,1-3H3,(H,51,61)(H2,50,52,53)/b15-9+/t35?,38-/m0/s1. The second kappa shape index (κ2) is 18.6. The Morgan fingerprint density at radius 1 is 0.953 bits per heavy atom. The van der Waals surface area contributed by atoms with E-state index in [0.717, 1.165) is 70.2 Å². The summed E-state index contributed by atoms with van der Waals surface area (Å²) in [6, 6.07) is 24.4. The van der Waals surface area contributed by atoms with Gasteiger partial charge in [0.1, 0.15) is 46.2 Å². The van der Waals surface area contributed by atoms with E-state index in [1.807, 2.05) is 106 Å². The first kappa shape index (κ1) is 42.6. The maximum atomic E-state index is 13.4. The lowest BCUT2D eigenvalue weighted by Crippen LogP contribution is -2.40. The van der Waals surface area contributed by atoms with Crippen LogP contribution in [0.2, 0.25) is 5.02 Å². The molecule has 0 bridgehead atoms. The molecule has 0 saturated carbocycles. The number of aromatic nitrogens is 7. The molecule has 2 atom stereocenters. The number of thiophene rings is 1. The van der Waals surface area contributed by atoms with Crippen LogP contribution in [-0.4, -0.2) is 76.6 Å². The van der Waals surface area contributed by atoms with E-state index in [0.29, 0.717) is 65.2 Å². The summed E-state index contributed by atoms with van der Waals surface area (Å²) in [6.45, 7) is 7.80. The number of halogens is 1. The summed E-state index contributed by atoms with van der Waals surface area (Å²) >= 11 is 7.94. The SMILES string of the molecule is Cc1sc2c(c1C)C(c1ccc(Cl)cc1)=N[C@@H](CC(=O)NCCCC/C=C/C(=O)N1CCCC(n3nc(-c4ccc(Oc5ccccc5)cc4)c4c(N)ncnc43)C1)c1nnc(C)n1-2. The van der Waals surface area contributed by atoms with E-state index >= 15 is 0 Å². The molecule has 0 radical (unpaired) electrons. The smallest absolute Gasteiger partial charge is 0.246 e. The van der Waals surface area contributed by atoms with Crippen LogP contribution in [0.15, 0.2) is 102 Å². The first-order valence-corrected chi connectivity index (χ1v) is 22.7. The minimum absolute atomic E-state index is 0.0393. The number of hydrogen-bond acceptors (Lipinski definition) is 11. The summed E-state index contributed by atoms with van der Waals surface area (Å²) in [5, 5.41) is 19.4. The number of piperidine rings is 1. The number of anilines is 1. The van der Waals surface area contributed by atoms with Crippen LogP contribution in [0.3, 0.4) is 0 Å². The van der Waals surface area contributed by atoms with Gasteiger partial charge in [0.2, 0.25) is 11.8 Å². The molecule has 1 fully saturated rings.